The highest BCUT2D eigenvalue weighted by atomic mass is 32.2. The second-order valence-corrected chi connectivity index (χ2v) is 9.45. The molecule has 0 saturated heterocycles. The summed E-state index contributed by atoms with van der Waals surface area (Å²) >= 11 is 0. The van der Waals surface area contributed by atoms with Crippen LogP contribution in [0.15, 0.2) is 36.4 Å². The van der Waals surface area contributed by atoms with Crippen LogP contribution in [0.3, 0.4) is 0 Å². The number of carbonyl (C=O) groups excluding carboxylic acids is 1. The van der Waals surface area contributed by atoms with Gasteiger partial charge in [0.25, 0.3) is 0 Å². The summed E-state index contributed by atoms with van der Waals surface area (Å²) in [5.74, 6) is 0.992. The van der Waals surface area contributed by atoms with Crippen LogP contribution < -0.4 is 19.1 Å². The van der Waals surface area contributed by atoms with Gasteiger partial charge in [-0.3, -0.25) is 9.10 Å². The van der Waals surface area contributed by atoms with Crippen LogP contribution in [-0.2, 0) is 21.2 Å². The maximum atomic E-state index is 12.7. The predicted molar refractivity (Wildman–Crippen MR) is 124 cm³/mol. The number of amides is 1. The molecule has 0 aromatic heterocycles. The number of sulfonamides is 1. The van der Waals surface area contributed by atoms with E-state index < -0.39 is 16.1 Å². The monoisotopic (exact) mass is 448 g/mol. The Hall–Kier alpha value is -2.74. The lowest BCUT2D eigenvalue weighted by atomic mass is 10.1. The Labute approximate surface area is 185 Å². The molecule has 8 heteroatoms. The first-order chi connectivity index (χ1) is 14.6. The van der Waals surface area contributed by atoms with Gasteiger partial charge in [0.1, 0.15) is 6.04 Å². The molecule has 0 saturated carbocycles. The molecule has 2 rings (SSSR count). The van der Waals surface area contributed by atoms with E-state index in [-0.39, 0.29) is 5.91 Å². The van der Waals surface area contributed by atoms with Crippen molar-refractivity contribution in [3.8, 4) is 11.5 Å². The van der Waals surface area contributed by atoms with E-state index >= 15 is 0 Å². The fourth-order valence-corrected chi connectivity index (χ4v) is 4.53. The first-order valence-corrected chi connectivity index (χ1v) is 12.0. The summed E-state index contributed by atoms with van der Waals surface area (Å²) in [7, 11) is -0.454. The molecule has 0 radical (unpaired) electrons. The second kappa shape index (κ2) is 10.5. The third-order valence-electron chi connectivity index (χ3n) is 5.22. The summed E-state index contributed by atoms with van der Waals surface area (Å²) in [5.41, 5.74) is 3.57. The fraction of sp³-hybridized carbons (Fsp3) is 0.435. The average Bonchev–Trinajstić information content (AvgIpc) is 2.72. The van der Waals surface area contributed by atoms with E-state index in [1.165, 1.54) is 4.31 Å². The van der Waals surface area contributed by atoms with Gasteiger partial charge in [0.05, 0.1) is 26.2 Å². The van der Waals surface area contributed by atoms with Crippen molar-refractivity contribution in [2.24, 2.45) is 0 Å². The molecule has 1 unspecified atom stereocenters. The lowest BCUT2D eigenvalue weighted by Crippen LogP contribution is -2.48. The van der Waals surface area contributed by atoms with Crippen molar-refractivity contribution in [2.45, 2.75) is 39.7 Å². The van der Waals surface area contributed by atoms with Crippen molar-refractivity contribution in [1.29, 1.82) is 0 Å². The Kier molecular flexibility index (Phi) is 8.33. The van der Waals surface area contributed by atoms with Crippen molar-refractivity contribution in [3.05, 3.63) is 53.1 Å². The van der Waals surface area contributed by atoms with E-state index in [0.29, 0.717) is 30.2 Å². The largest absolute Gasteiger partial charge is 0.493 e. The molecule has 7 nitrogen and oxygen atoms in total. The standard InChI is InChI=1S/C23H32N2O5S/c1-16-9-11-20(14-17(16)2)25(31(6,27)28)18(3)23(26)24-13-7-8-19-10-12-21(29-4)22(15-19)30-5/h9-12,14-15,18H,7-8,13H2,1-6H3,(H,24,26). The van der Waals surface area contributed by atoms with E-state index in [1.807, 2.05) is 38.1 Å². The first-order valence-electron chi connectivity index (χ1n) is 10.1. The summed E-state index contributed by atoms with van der Waals surface area (Å²) < 4.78 is 36.6. The number of hydrogen-bond donors (Lipinski definition) is 1. The van der Waals surface area contributed by atoms with Gasteiger partial charge in [0.2, 0.25) is 15.9 Å². The molecule has 0 aliphatic rings. The zero-order valence-corrected chi connectivity index (χ0v) is 19.9. The van der Waals surface area contributed by atoms with Crippen molar-refractivity contribution in [3.63, 3.8) is 0 Å². The first kappa shape index (κ1) is 24.5. The quantitative estimate of drug-likeness (QED) is 0.564. The predicted octanol–water partition coefficient (Wildman–Crippen LogP) is 3.22. The summed E-state index contributed by atoms with van der Waals surface area (Å²) in [5, 5.41) is 2.85. The van der Waals surface area contributed by atoms with Gasteiger partial charge in [-0.2, -0.15) is 0 Å². The molecular weight excluding hydrogens is 416 g/mol. The van der Waals surface area contributed by atoms with Crippen LogP contribution in [0.5, 0.6) is 11.5 Å². The minimum atomic E-state index is -3.63. The highest BCUT2D eigenvalue weighted by molar-refractivity contribution is 7.92. The van der Waals surface area contributed by atoms with E-state index in [0.717, 1.165) is 29.4 Å². The molecule has 0 fully saturated rings. The second-order valence-electron chi connectivity index (χ2n) is 7.59. The molecule has 31 heavy (non-hydrogen) atoms. The SMILES string of the molecule is COc1ccc(CCCNC(=O)C(C)N(c2ccc(C)c(C)c2)S(C)(=O)=O)cc1OC. The summed E-state index contributed by atoms with van der Waals surface area (Å²) in [6, 6.07) is 10.2. The topological polar surface area (TPSA) is 84.9 Å². The Balaban J connectivity index is 2.00. The average molecular weight is 449 g/mol. The number of nitrogens with one attached hydrogen (secondary N) is 1. The number of aryl methyl sites for hydroxylation is 3. The number of rotatable bonds is 10. The third-order valence-corrected chi connectivity index (χ3v) is 6.46. The van der Waals surface area contributed by atoms with Crippen LogP contribution in [-0.4, -0.2) is 47.4 Å². The third kappa shape index (κ3) is 6.37. The zero-order valence-electron chi connectivity index (χ0n) is 19.1. The van der Waals surface area contributed by atoms with Gasteiger partial charge in [-0.1, -0.05) is 12.1 Å². The molecule has 0 aliphatic carbocycles. The van der Waals surface area contributed by atoms with E-state index in [2.05, 4.69) is 5.32 Å². The highest BCUT2D eigenvalue weighted by Gasteiger charge is 2.29. The van der Waals surface area contributed by atoms with E-state index in [4.69, 9.17) is 9.47 Å². The summed E-state index contributed by atoms with van der Waals surface area (Å²) in [6.07, 6.45) is 2.56. The molecule has 2 aromatic rings. The number of carbonyl (C=O) groups is 1. The minimum Gasteiger partial charge on any atom is -0.493 e. The van der Waals surface area contributed by atoms with Crippen LogP contribution in [0, 0.1) is 13.8 Å². The normalized spacial score (nSPS) is 12.2. The Morgan fingerprint density at radius 2 is 1.71 bits per heavy atom. The number of benzene rings is 2. The zero-order chi connectivity index (χ0) is 23.2. The van der Waals surface area contributed by atoms with Gasteiger partial charge in [-0.05, 0) is 74.6 Å². The van der Waals surface area contributed by atoms with Crippen molar-refractivity contribution < 1.29 is 22.7 Å². The molecule has 1 N–H and O–H groups in total. The molecule has 2 aromatic carbocycles. The van der Waals surface area contributed by atoms with Crippen molar-refractivity contribution in [1.82, 2.24) is 5.32 Å². The van der Waals surface area contributed by atoms with Crippen molar-refractivity contribution >= 4 is 21.6 Å². The molecule has 170 valence electrons. The number of nitrogens with zero attached hydrogens (tertiary/aromatic N) is 1. The molecule has 0 heterocycles. The molecular formula is C23H32N2O5S. The van der Waals surface area contributed by atoms with E-state index in [9.17, 15) is 13.2 Å². The van der Waals surface area contributed by atoms with Crippen LogP contribution >= 0.6 is 0 Å². The van der Waals surface area contributed by atoms with Gasteiger partial charge < -0.3 is 14.8 Å². The molecule has 0 bridgehead atoms. The lowest BCUT2D eigenvalue weighted by molar-refractivity contribution is -0.121. The van der Waals surface area contributed by atoms with Crippen molar-refractivity contribution in [2.75, 3.05) is 31.3 Å². The van der Waals surface area contributed by atoms with Gasteiger partial charge in [0.15, 0.2) is 11.5 Å². The number of ether oxygens (including phenoxy) is 2. The molecule has 0 spiro atoms. The number of hydrogen-bond acceptors (Lipinski definition) is 5. The van der Waals surface area contributed by atoms with E-state index in [1.54, 1.807) is 33.3 Å². The summed E-state index contributed by atoms with van der Waals surface area (Å²) in [4.78, 5) is 12.7. The Morgan fingerprint density at radius 1 is 1.03 bits per heavy atom. The van der Waals surface area contributed by atoms with Gasteiger partial charge in [-0.25, -0.2) is 8.42 Å². The molecule has 0 aliphatic heterocycles. The van der Waals surface area contributed by atoms with Crippen LogP contribution in [0.1, 0.15) is 30.0 Å². The summed E-state index contributed by atoms with van der Waals surface area (Å²) in [6.45, 7) is 5.90. The van der Waals surface area contributed by atoms with Crippen LogP contribution in [0.2, 0.25) is 0 Å². The smallest absolute Gasteiger partial charge is 0.243 e. The number of anilines is 1. The number of methoxy groups -OCH3 is 2. The molecule has 1 amide bonds. The fourth-order valence-electron chi connectivity index (χ4n) is 3.36. The highest BCUT2D eigenvalue weighted by Crippen LogP contribution is 2.28. The van der Waals surface area contributed by atoms with Crippen LogP contribution in [0.4, 0.5) is 5.69 Å². The van der Waals surface area contributed by atoms with Gasteiger partial charge in [-0.15, -0.1) is 0 Å². The Morgan fingerprint density at radius 3 is 2.29 bits per heavy atom. The lowest BCUT2D eigenvalue weighted by Gasteiger charge is -2.28. The van der Waals surface area contributed by atoms with Gasteiger partial charge >= 0.3 is 0 Å². The van der Waals surface area contributed by atoms with Gasteiger partial charge in [0, 0.05) is 6.54 Å². The maximum Gasteiger partial charge on any atom is 0.243 e. The molecule has 1 atom stereocenters. The Bertz CT molecular complexity index is 1020. The van der Waals surface area contributed by atoms with Crippen LogP contribution in [0.25, 0.3) is 0 Å². The maximum absolute atomic E-state index is 12.7. The minimum absolute atomic E-state index is 0.337.